The van der Waals surface area contributed by atoms with Gasteiger partial charge in [0.05, 0.1) is 11.4 Å². The molecule has 18 heavy (non-hydrogen) atoms. The van der Waals surface area contributed by atoms with Crippen molar-refractivity contribution in [1.82, 2.24) is 4.98 Å². The van der Waals surface area contributed by atoms with E-state index in [9.17, 15) is 4.79 Å². The number of hydrogen-bond donors (Lipinski definition) is 0. The van der Waals surface area contributed by atoms with E-state index in [2.05, 4.69) is 4.98 Å². The van der Waals surface area contributed by atoms with Crippen molar-refractivity contribution in [3.8, 4) is 5.75 Å². The molecule has 3 nitrogen and oxygen atoms in total. The molecule has 5 heteroatoms. The maximum atomic E-state index is 12.1. The summed E-state index contributed by atoms with van der Waals surface area (Å²) in [7, 11) is 0. The zero-order valence-electron chi connectivity index (χ0n) is 9.54. The van der Waals surface area contributed by atoms with Crippen molar-refractivity contribution in [3.05, 3.63) is 40.8 Å². The van der Waals surface area contributed by atoms with Crippen molar-refractivity contribution in [2.75, 3.05) is 5.75 Å². The highest BCUT2D eigenvalue weighted by Crippen LogP contribution is 2.35. The number of rotatable bonds is 3. The molecule has 3 rings (SSSR count). The van der Waals surface area contributed by atoms with Crippen LogP contribution >= 0.6 is 23.1 Å². The van der Waals surface area contributed by atoms with E-state index in [1.807, 2.05) is 29.6 Å². The Morgan fingerprint density at radius 1 is 1.44 bits per heavy atom. The molecule has 1 aromatic heterocycles. The van der Waals surface area contributed by atoms with Gasteiger partial charge in [-0.1, -0.05) is 12.1 Å². The summed E-state index contributed by atoms with van der Waals surface area (Å²) in [6, 6.07) is 7.83. The van der Waals surface area contributed by atoms with Gasteiger partial charge in [0.2, 0.25) is 0 Å². The van der Waals surface area contributed by atoms with Crippen LogP contribution in [0.1, 0.15) is 5.01 Å². The van der Waals surface area contributed by atoms with Crippen LogP contribution in [0, 0.1) is 0 Å². The Morgan fingerprint density at radius 2 is 2.33 bits per heavy atom. The summed E-state index contributed by atoms with van der Waals surface area (Å²) < 4.78 is 5.75. The van der Waals surface area contributed by atoms with Gasteiger partial charge in [-0.15, -0.1) is 23.1 Å². The number of thiazole rings is 1. The number of carbonyl (C=O) groups is 1. The van der Waals surface area contributed by atoms with Crippen LogP contribution in [0.25, 0.3) is 0 Å². The number of para-hydroxylation sites is 1. The minimum Gasteiger partial charge on any atom is -0.481 e. The SMILES string of the molecule is O=C(Cc1nccs1)C1CSc2ccccc2O1. The largest absolute Gasteiger partial charge is 0.481 e. The van der Waals surface area contributed by atoms with Crippen molar-refractivity contribution in [2.24, 2.45) is 0 Å². The molecule has 2 heterocycles. The van der Waals surface area contributed by atoms with Gasteiger partial charge in [-0.2, -0.15) is 0 Å². The maximum absolute atomic E-state index is 12.1. The number of Topliss-reactive ketones (excluding diaryl/α,β-unsaturated/α-hetero) is 1. The van der Waals surface area contributed by atoms with E-state index in [4.69, 9.17) is 4.74 Å². The summed E-state index contributed by atoms with van der Waals surface area (Å²) in [4.78, 5) is 17.3. The topological polar surface area (TPSA) is 39.2 Å². The molecule has 2 aromatic rings. The predicted molar refractivity (Wildman–Crippen MR) is 72.4 cm³/mol. The molecule has 0 aliphatic carbocycles. The molecular weight excluding hydrogens is 266 g/mol. The quantitative estimate of drug-likeness (QED) is 0.865. The van der Waals surface area contributed by atoms with Crippen molar-refractivity contribution in [2.45, 2.75) is 17.4 Å². The second kappa shape index (κ2) is 5.12. The number of fused-ring (bicyclic) bond motifs is 1. The van der Waals surface area contributed by atoms with E-state index in [0.717, 1.165) is 15.7 Å². The molecule has 1 aliphatic heterocycles. The number of nitrogens with zero attached hydrogens (tertiary/aromatic N) is 1. The molecule has 1 unspecified atom stereocenters. The summed E-state index contributed by atoms with van der Waals surface area (Å²) in [5.74, 6) is 1.60. The highest BCUT2D eigenvalue weighted by Gasteiger charge is 2.26. The fourth-order valence-electron chi connectivity index (χ4n) is 1.78. The van der Waals surface area contributed by atoms with Gasteiger partial charge in [-0.05, 0) is 12.1 Å². The molecule has 1 aliphatic rings. The van der Waals surface area contributed by atoms with E-state index in [0.29, 0.717) is 12.2 Å². The van der Waals surface area contributed by atoms with Crippen LogP contribution in [0.3, 0.4) is 0 Å². The minimum absolute atomic E-state index is 0.104. The summed E-state index contributed by atoms with van der Waals surface area (Å²) in [6.45, 7) is 0. The fraction of sp³-hybridized carbons (Fsp3) is 0.231. The Morgan fingerprint density at radius 3 is 3.17 bits per heavy atom. The first-order valence-corrected chi connectivity index (χ1v) is 7.49. The normalized spacial score (nSPS) is 17.9. The lowest BCUT2D eigenvalue weighted by molar-refractivity contribution is -0.124. The van der Waals surface area contributed by atoms with Crippen molar-refractivity contribution < 1.29 is 9.53 Å². The van der Waals surface area contributed by atoms with Crippen LogP contribution < -0.4 is 4.74 Å². The van der Waals surface area contributed by atoms with Crippen molar-refractivity contribution >= 4 is 28.9 Å². The van der Waals surface area contributed by atoms with Crippen LogP contribution in [0.4, 0.5) is 0 Å². The first-order chi connectivity index (χ1) is 8.83. The van der Waals surface area contributed by atoms with Gasteiger partial charge in [0.1, 0.15) is 5.75 Å². The molecule has 0 amide bonds. The van der Waals surface area contributed by atoms with Crippen molar-refractivity contribution in [1.29, 1.82) is 0 Å². The Labute approximate surface area is 113 Å². The average molecular weight is 277 g/mol. The number of ether oxygens (including phenoxy) is 1. The van der Waals surface area contributed by atoms with Crippen LogP contribution in [0.2, 0.25) is 0 Å². The highest BCUT2D eigenvalue weighted by atomic mass is 32.2. The van der Waals surface area contributed by atoms with E-state index in [-0.39, 0.29) is 11.9 Å². The molecule has 0 bridgehead atoms. The smallest absolute Gasteiger partial charge is 0.180 e. The van der Waals surface area contributed by atoms with E-state index in [1.165, 1.54) is 11.3 Å². The summed E-state index contributed by atoms with van der Waals surface area (Å²) in [5.41, 5.74) is 0. The Kier molecular flexibility index (Phi) is 3.34. The third-order valence-electron chi connectivity index (χ3n) is 2.68. The lowest BCUT2D eigenvalue weighted by atomic mass is 10.2. The second-order valence-electron chi connectivity index (χ2n) is 3.93. The molecular formula is C13H11NO2S2. The van der Waals surface area contributed by atoms with E-state index >= 15 is 0 Å². The zero-order chi connectivity index (χ0) is 12.4. The number of aromatic nitrogens is 1. The highest BCUT2D eigenvalue weighted by molar-refractivity contribution is 7.99. The summed E-state index contributed by atoms with van der Waals surface area (Å²) in [6.07, 6.45) is 1.73. The number of ketones is 1. The Bertz CT molecular complexity index is 554. The van der Waals surface area contributed by atoms with E-state index in [1.54, 1.807) is 18.0 Å². The molecule has 1 aromatic carbocycles. The number of hydrogen-bond acceptors (Lipinski definition) is 5. The molecule has 0 saturated carbocycles. The maximum Gasteiger partial charge on any atom is 0.180 e. The van der Waals surface area contributed by atoms with Crippen LogP contribution in [0.5, 0.6) is 5.75 Å². The third kappa shape index (κ3) is 2.42. The molecule has 1 atom stereocenters. The van der Waals surface area contributed by atoms with Gasteiger partial charge in [-0.25, -0.2) is 4.98 Å². The first kappa shape index (κ1) is 11.7. The van der Waals surface area contributed by atoms with Gasteiger partial charge >= 0.3 is 0 Å². The standard InChI is InChI=1S/C13H11NO2S2/c15-9(7-13-14-5-6-17-13)11-8-18-12-4-2-1-3-10(12)16-11/h1-6,11H,7-8H2. The molecule has 92 valence electrons. The number of carbonyl (C=O) groups excluding carboxylic acids is 1. The van der Waals surface area contributed by atoms with Crippen LogP contribution in [-0.2, 0) is 11.2 Å². The summed E-state index contributed by atoms with van der Waals surface area (Å²) in [5, 5.41) is 2.74. The van der Waals surface area contributed by atoms with E-state index < -0.39 is 0 Å². The third-order valence-corrected chi connectivity index (χ3v) is 4.57. The molecule has 0 N–H and O–H groups in total. The lowest BCUT2D eigenvalue weighted by Gasteiger charge is -2.24. The minimum atomic E-state index is -0.353. The van der Waals surface area contributed by atoms with Gasteiger partial charge in [0.15, 0.2) is 11.9 Å². The number of benzene rings is 1. The lowest BCUT2D eigenvalue weighted by Crippen LogP contribution is -2.33. The van der Waals surface area contributed by atoms with Gasteiger partial charge < -0.3 is 4.74 Å². The molecule has 0 spiro atoms. The molecule has 0 saturated heterocycles. The molecule has 0 fully saturated rings. The molecule has 0 radical (unpaired) electrons. The van der Waals surface area contributed by atoms with Gasteiger partial charge in [0, 0.05) is 22.2 Å². The van der Waals surface area contributed by atoms with Gasteiger partial charge in [-0.3, -0.25) is 4.79 Å². The second-order valence-corrected chi connectivity index (χ2v) is 5.97. The van der Waals surface area contributed by atoms with Crippen LogP contribution in [0.15, 0.2) is 40.7 Å². The summed E-state index contributed by atoms with van der Waals surface area (Å²) >= 11 is 3.18. The monoisotopic (exact) mass is 277 g/mol. The first-order valence-electron chi connectivity index (χ1n) is 5.62. The number of thioether (sulfide) groups is 1. The zero-order valence-corrected chi connectivity index (χ0v) is 11.2. The van der Waals surface area contributed by atoms with Gasteiger partial charge in [0.25, 0.3) is 0 Å². The van der Waals surface area contributed by atoms with Crippen molar-refractivity contribution in [3.63, 3.8) is 0 Å². The Hall–Kier alpha value is -1.33. The predicted octanol–water partition coefficient (Wildman–Crippen LogP) is 2.81. The fourth-order valence-corrected chi connectivity index (χ4v) is 3.43. The van der Waals surface area contributed by atoms with Crippen LogP contribution in [-0.4, -0.2) is 22.6 Å². The average Bonchev–Trinajstić information content (AvgIpc) is 2.91. The Balaban J connectivity index is 1.70.